The molecule has 0 radical (unpaired) electrons. The normalized spacial score (nSPS) is 23.1. The number of methoxy groups -OCH3 is 1. The van der Waals surface area contributed by atoms with Crippen molar-refractivity contribution in [1.29, 1.82) is 0 Å². The first-order chi connectivity index (χ1) is 8.11. The third kappa shape index (κ3) is 3.11. The topological polar surface area (TPSA) is 34.1 Å². The lowest BCUT2D eigenvalue weighted by Crippen LogP contribution is -2.32. The minimum absolute atomic E-state index is 0.442. The molecule has 1 aliphatic rings. The molecule has 2 rings (SSSR count). The fourth-order valence-corrected chi connectivity index (χ4v) is 2.68. The Bertz CT molecular complexity index is 376. The summed E-state index contributed by atoms with van der Waals surface area (Å²) in [6, 6.07) is 4.36. The van der Waals surface area contributed by atoms with E-state index in [2.05, 4.69) is 24.1 Å². The van der Waals surface area contributed by atoms with Crippen LogP contribution in [-0.2, 0) is 0 Å². The van der Waals surface area contributed by atoms with E-state index < -0.39 is 0 Å². The molecule has 0 aliphatic heterocycles. The van der Waals surface area contributed by atoms with Crippen LogP contribution in [0.15, 0.2) is 18.3 Å². The van der Waals surface area contributed by atoms with Crippen LogP contribution in [-0.4, -0.2) is 18.1 Å². The number of nitrogens with zero attached hydrogens (tertiary/aromatic N) is 1. The summed E-state index contributed by atoms with van der Waals surface area (Å²) < 4.78 is 5.31. The molecule has 17 heavy (non-hydrogen) atoms. The number of hydrogen-bond donors (Lipinski definition) is 1. The lowest BCUT2D eigenvalue weighted by atomic mass is 9.75. The Kier molecular flexibility index (Phi) is 3.55. The molecule has 0 amide bonds. The van der Waals surface area contributed by atoms with E-state index in [-0.39, 0.29) is 0 Å². The lowest BCUT2D eigenvalue weighted by molar-refractivity contribution is 0.229. The first kappa shape index (κ1) is 12.2. The van der Waals surface area contributed by atoms with Gasteiger partial charge in [0.15, 0.2) is 11.6 Å². The molecule has 1 N–H and O–H groups in total. The molecule has 3 heteroatoms. The summed E-state index contributed by atoms with van der Waals surface area (Å²) >= 11 is 0. The number of ether oxygens (including phenoxy) is 1. The van der Waals surface area contributed by atoms with Gasteiger partial charge in [0, 0.05) is 12.2 Å². The first-order valence-corrected chi connectivity index (χ1v) is 6.36. The van der Waals surface area contributed by atoms with Crippen LogP contribution >= 0.6 is 0 Å². The Hall–Kier alpha value is -1.25. The fraction of sp³-hybridized carbons (Fsp3) is 0.643. The molecular weight excluding hydrogens is 212 g/mol. The van der Waals surface area contributed by atoms with Gasteiger partial charge in [0.05, 0.1) is 7.11 Å². The van der Waals surface area contributed by atoms with Gasteiger partial charge in [-0.25, -0.2) is 4.98 Å². The van der Waals surface area contributed by atoms with Crippen LogP contribution in [0.2, 0.25) is 0 Å². The Morgan fingerprint density at radius 3 is 3.00 bits per heavy atom. The molecule has 1 fully saturated rings. The van der Waals surface area contributed by atoms with Crippen molar-refractivity contribution in [2.75, 3.05) is 12.4 Å². The van der Waals surface area contributed by atoms with E-state index in [9.17, 15) is 0 Å². The van der Waals surface area contributed by atoms with Crippen molar-refractivity contribution in [3.63, 3.8) is 0 Å². The SMILES string of the molecule is COc1cccnc1NC1CCCC(C)(C)C1. The number of pyridine rings is 1. The van der Waals surface area contributed by atoms with E-state index in [0.29, 0.717) is 11.5 Å². The van der Waals surface area contributed by atoms with E-state index in [4.69, 9.17) is 4.74 Å². The number of aromatic nitrogens is 1. The molecular formula is C14H22N2O. The summed E-state index contributed by atoms with van der Waals surface area (Å²) in [6.45, 7) is 4.69. The maximum atomic E-state index is 5.31. The quantitative estimate of drug-likeness (QED) is 0.869. The molecule has 1 aromatic rings. The van der Waals surface area contributed by atoms with Crippen LogP contribution in [0.25, 0.3) is 0 Å². The van der Waals surface area contributed by atoms with Gasteiger partial charge in [-0.3, -0.25) is 0 Å². The monoisotopic (exact) mass is 234 g/mol. The molecule has 94 valence electrons. The second kappa shape index (κ2) is 4.94. The summed E-state index contributed by atoms with van der Waals surface area (Å²) in [5.41, 5.74) is 0.442. The predicted molar refractivity (Wildman–Crippen MR) is 70.4 cm³/mol. The zero-order valence-corrected chi connectivity index (χ0v) is 11.0. The Morgan fingerprint density at radius 2 is 2.29 bits per heavy atom. The number of rotatable bonds is 3. The largest absolute Gasteiger partial charge is 0.493 e. The van der Waals surface area contributed by atoms with E-state index >= 15 is 0 Å². The molecule has 1 aromatic heterocycles. The minimum atomic E-state index is 0.442. The molecule has 1 aliphatic carbocycles. The Labute approximate surface area is 104 Å². The highest BCUT2D eigenvalue weighted by Gasteiger charge is 2.28. The fourth-order valence-electron chi connectivity index (χ4n) is 2.68. The molecule has 1 unspecified atom stereocenters. The zero-order valence-electron chi connectivity index (χ0n) is 11.0. The molecule has 0 aromatic carbocycles. The van der Waals surface area contributed by atoms with Crippen molar-refractivity contribution >= 4 is 5.82 Å². The lowest BCUT2D eigenvalue weighted by Gasteiger charge is -2.35. The second-order valence-corrected chi connectivity index (χ2v) is 5.66. The van der Waals surface area contributed by atoms with Crippen molar-refractivity contribution in [2.24, 2.45) is 5.41 Å². The van der Waals surface area contributed by atoms with Crippen molar-refractivity contribution in [1.82, 2.24) is 4.98 Å². The highest BCUT2D eigenvalue weighted by atomic mass is 16.5. The predicted octanol–water partition coefficient (Wildman–Crippen LogP) is 3.47. The third-order valence-corrected chi connectivity index (χ3v) is 3.54. The summed E-state index contributed by atoms with van der Waals surface area (Å²) in [4.78, 5) is 4.36. The maximum absolute atomic E-state index is 5.31. The van der Waals surface area contributed by atoms with Gasteiger partial charge in [-0.15, -0.1) is 0 Å². The molecule has 1 heterocycles. The first-order valence-electron chi connectivity index (χ1n) is 6.36. The van der Waals surface area contributed by atoms with Crippen molar-refractivity contribution in [3.05, 3.63) is 18.3 Å². The summed E-state index contributed by atoms with van der Waals surface area (Å²) in [5, 5.41) is 3.52. The standard InChI is InChI=1S/C14H22N2O/c1-14(2)8-4-6-11(10-14)16-13-12(17-3)7-5-9-15-13/h5,7,9,11H,4,6,8,10H2,1-3H3,(H,15,16). The van der Waals surface area contributed by atoms with Crippen molar-refractivity contribution in [2.45, 2.75) is 45.6 Å². The van der Waals surface area contributed by atoms with Gasteiger partial charge < -0.3 is 10.1 Å². The molecule has 1 atom stereocenters. The molecule has 1 saturated carbocycles. The van der Waals surface area contributed by atoms with Crippen LogP contribution in [0.5, 0.6) is 5.75 Å². The van der Waals surface area contributed by atoms with Crippen molar-refractivity contribution < 1.29 is 4.74 Å². The van der Waals surface area contributed by atoms with Crippen molar-refractivity contribution in [3.8, 4) is 5.75 Å². The second-order valence-electron chi connectivity index (χ2n) is 5.66. The average Bonchev–Trinajstić information content (AvgIpc) is 2.28. The molecule has 0 bridgehead atoms. The molecule has 3 nitrogen and oxygen atoms in total. The van der Waals surface area contributed by atoms with Crippen LogP contribution < -0.4 is 10.1 Å². The third-order valence-electron chi connectivity index (χ3n) is 3.54. The van der Waals surface area contributed by atoms with Crippen LogP contribution in [0, 0.1) is 5.41 Å². The number of anilines is 1. The number of nitrogens with one attached hydrogen (secondary N) is 1. The smallest absolute Gasteiger partial charge is 0.168 e. The van der Waals surface area contributed by atoms with Gasteiger partial charge in [-0.1, -0.05) is 20.3 Å². The van der Waals surface area contributed by atoms with E-state index in [1.165, 1.54) is 25.7 Å². The van der Waals surface area contributed by atoms with Crippen LogP contribution in [0.1, 0.15) is 39.5 Å². The maximum Gasteiger partial charge on any atom is 0.168 e. The van der Waals surface area contributed by atoms with E-state index in [1.54, 1.807) is 13.3 Å². The number of hydrogen-bond acceptors (Lipinski definition) is 3. The Morgan fingerprint density at radius 1 is 1.47 bits per heavy atom. The minimum Gasteiger partial charge on any atom is -0.493 e. The summed E-state index contributed by atoms with van der Waals surface area (Å²) in [7, 11) is 1.69. The Balaban J connectivity index is 2.05. The van der Waals surface area contributed by atoms with E-state index in [0.717, 1.165) is 11.6 Å². The van der Waals surface area contributed by atoms with Gasteiger partial charge in [-0.2, -0.15) is 0 Å². The van der Waals surface area contributed by atoms with Gasteiger partial charge in [0.1, 0.15) is 0 Å². The van der Waals surface area contributed by atoms with Gasteiger partial charge in [0.2, 0.25) is 0 Å². The van der Waals surface area contributed by atoms with Gasteiger partial charge >= 0.3 is 0 Å². The highest BCUT2D eigenvalue weighted by molar-refractivity contribution is 5.50. The van der Waals surface area contributed by atoms with E-state index in [1.807, 2.05) is 12.1 Å². The zero-order chi connectivity index (χ0) is 12.3. The van der Waals surface area contributed by atoms with Gasteiger partial charge in [0.25, 0.3) is 0 Å². The van der Waals surface area contributed by atoms with Crippen LogP contribution in [0.3, 0.4) is 0 Å². The molecule has 0 spiro atoms. The van der Waals surface area contributed by atoms with Gasteiger partial charge in [-0.05, 0) is 36.8 Å². The average molecular weight is 234 g/mol. The van der Waals surface area contributed by atoms with Crippen LogP contribution in [0.4, 0.5) is 5.82 Å². The highest BCUT2D eigenvalue weighted by Crippen LogP contribution is 2.36. The summed E-state index contributed by atoms with van der Waals surface area (Å²) in [6.07, 6.45) is 6.85. The molecule has 0 saturated heterocycles. The summed E-state index contributed by atoms with van der Waals surface area (Å²) in [5.74, 6) is 1.70.